The van der Waals surface area contributed by atoms with Crippen LogP contribution < -0.4 is 5.73 Å². The van der Waals surface area contributed by atoms with Crippen molar-refractivity contribution < 1.29 is 0 Å². The summed E-state index contributed by atoms with van der Waals surface area (Å²) >= 11 is 5.88. The van der Waals surface area contributed by atoms with Crippen LogP contribution in [0.5, 0.6) is 0 Å². The Labute approximate surface area is 124 Å². The molecule has 0 radical (unpaired) electrons. The van der Waals surface area contributed by atoms with E-state index < -0.39 is 0 Å². The molecule has 20 heavy (non-hydrogen) atoms. The third-order valence-corrected chi connectivity index (χ3v) is 3.34. The molecule has 0 aliphatic rings. The Kier molecular flexibility index (Phi) is 4.77. The van der Waals surface area contributed by atoms with E-state index in [2.05, 4.69) is 11.9 Å². The molecule has 3 N–H and O–H groups in total. The molecule has 4 heteroatoms. The number of nitrogens with two attached hydrogens (primary N) is 1. The van der Waals surface area contributed by atoms with Crippen LogP contribution in [-0.4, -0.2) is 17.8 Å². The first-order chi connectivity index (χ1) is 9.54. The summed E-state index contributed by atoms with van der Waals surface area (Å²) in [7, 11) is 2.08. The number of nitrogens with one attached hydrogen (secondary N) is 1. The fourth-order valence-electron chi connectivity index (χ4n) is 2.06. The van der Waals surface area contributed by atoms with E-state index in [1.165, 1.54) is 11.1 Å². The van der Waals surface area contributed by atoms with Gasteiger partial charge in [0.05, 0.1) is 0 Å². The number of nitrogen functional groups attached to an aromatic ring is 1. The van der Waals surface area contributed by atoms with Gasteiger partial charge in [0.1, 0.15) is 5.84 Å². The van der Waals surface area contributed by atoms with Gasteiger partial charge >= 0.3 is 0 Å². The maximum atomic E-state index is 7.37. The lowest BCUT2D eigenvalue weighted by Crippen LogP contribution is -2.17. The molecule has 2 aromatic carbocycles. The zero-order chi connectivity index (χ0) is 14.5. The van der Waals surface area contributed by atoms with Crippen LogP contribution in [0.1, 0.15) is 16.7 Å². The predicted molar refractivity (Wildman–Crippen MR) is 84.1 cm³/mol. The van der Waals surface area contributed by atoms with Gasteiger partial charge < -0.3 is 5.73 Å². The molecule has 0 bridgehead atoms. The number of amidine groups is 1. The summed E-state index contributed by atoms with van der Waals surface area (Å²) in [4.78, 5) is 2.23. The summed E-state index contributed by atoms with van der Waals surface area (Å²) < 4.78 is 0. The number of hydrogen-bond acceptors (Lipinski definition) is 2. The van der Waals surface area contributed by atoms with Crippen molar-refractivity contribution in [2.24, 2.45) is 5.73 Å². The summed E-state index contributed by atoms with van der Waals surface area (Å²) in [6, 6.07) is 15.7. The first-order valence-corrected chi connectivity index (χ1v) is 6.79. The molecular formula is C16H18ClN3. The zero-order valence-corrected chi connectivity index (χ0v) is 12.2. The van der Waals surface area contributed by atoms with Crippen LogP contribution in [-0.2, 0) is 13.1 Å². The fourth-order valence-corrected chi connectivity index (χ4v) is 2.18. The van der Waals surface area contributed by atoms with E-state index in [1.807, 2.05) is 48.5 Å². The van der Waals surface area contributed by atoms with E-state index in [4.69, 9.17) is 22.7 Å². The minimum atomic E-state index is 0.103. The van der Waals surface area contributed by atoms with Crippen LogP contribution in [0, 0.1) is 5.41 Å². The number of benzene rings is 2. The molecule has 0 saturated heterocycles. The third-order valence-electron chi connectivity index (χ3n) is 3.08. The Bertz CT molecular complexity index is 576. The highest BCUT2D eigenvalue weighted by Gasteiger charge is 2.03. The second-order valence-corrected chi connectivity index (χ2v) is 5.35. The van der Waals surface area contributed by atoms with Crippen molar-refractivity contribution in [3.63, 3.8) is 0 Å². The van der Waals surface area contributed by atoms with Gasteiger partial charge in [-0.1, -0.05) is 48.0 Å². The van der Waals surface area contributed by atoms with Crippen LogP contribution in [0.15, 0.2) is 48.5 Å². The van der Waals surface area contributed by atoms with E-state index >= 15 is 0 Å². The standard InChI is InChI=1S/C16H18ClN3/c1-20(11-13-4-8-15(17)9-5-13)10-12-2-6-14(7-3-12)16(18)19/h2-9H,10-11H2,1H3,(H3,18,19). The molecule has 2 rings (SSSR count). The van der Waals surface area contributed by atoms with E-state index in [9.17, 15) is 0 Å². The van der Waals surface area contributed by atoms with Gasteiger partial charge in [0.15, 0.2) is 0 Å². The Morgan fingerprint density at radius 1 is 1.00 bits per heavy atom. The summed E-state index contributed by atoms with van der Waals surface area (Å²) in [5.74, 6) is 0.103. The Morgan fingerprint density at radius 2 is 1.45 bits per heavy atom. The Morgan fingerprint density at radius 3 is 1.90 bits per heavy atom. The van der Waals surface area contributed by atoms with Crippen molar-refractivity contribution in [3.05, 3.63) is 70.2 Å². The maximum Gasteiger partial charge on any atom is 0.122 e. The molecule has 2 aromatic rings. The Hall–Kier alpha value is -1.84. The van der Waals surface area contributed by atoms with E-state index in [-0.39, 0.29) is 5.84 Å². The zero-order valence-electron chi connectivity index (χ0n) is 11.4. The van der Waals surface area contributed by atoms with Gasteiger partial charge in [0, 0.05) is 23.7 Å². The number of hydrogen-bond donors (Lipinski definition) is 2. The first kappa shape index (κ1) is 14.6. The molecule has 0 aliphatic heterocycles. The number of rotatable bonds is 5. The van der Waals surface area contributed by atoms with Crippen molar-refractivity contribution in [3.8, 4) is 0 Å². The van der Waals surface area contributed by atoms with Crippen LogP contribution >= 0.6 is 11.6 Å². The van der Waals surface area contributed by atoms with Crippen molar-refractivity contribution in [1.82, 2.24) is 4.90 Å². The molecule has 0 unspecified atom stereocenters. The van der Waals surface area contributed by atoms with Crippen LogP contribution in [0.3, 0.4) is 0 Å². The normalized spacial score (nSPS) is 10.8. The van der Waals surface area contributed by atoms with E-state index in [1.54, 1.807) is 0 Å². The topological polar surface area (TPSA) is 53.1 Å². The highest BCUT2D eigenvalue weighted by molar-refractivity contribution is 6.30. The second kappa shape index (κ2) is 6.55. The van der Waals surface area contributed by atoms with Gasteiger partial charge in [0.25, 0.3) is 0 Å². The molecule has 0 spiro atoms. The van der Waals surface area contributed by atoms with Gasteiger partial charge in [-0.05, 0) is 30.3 Å². The summed E-state index contributed by atoms with van der Waals surface area (Å²) in [5.41, 5.74) is 8.63. The fraction of sp³-hybridized carbons (Fsp3) is 0.188. The predicted octanol–water partition coefficient (Wildman–Crippen LogP) is 3.26. The van der Waals surface area contributed by atoms with Gasteiger partial charge in [-0.2, -0.15) is 0 Å². The molecule has 0 aliphatic carbocycles. The molecule has 0 aromatic heterocycles. The van der Waals surface area contributed by atoms with Crippen molar-refractivity contribution in [2.45, 2.75) is 13.1 Å². The third kappa shape index (κ3) is 4.08. The molecule has 0 heterocycles. The minimum Gasteiger partial charge on any atom is -0.384 e. The SMILES string of the molecule is CN(Cc1ccc(Cl)cc1)Cc1ccc(C(=N)N)cc1. The van der Waals surface area contributed by atoms with E-state index in [0.717, 1.165) is 23.7 Å². The maximum absolute atomic E-state index is 7.37. The van der Waals surface area contributed by atoms with Gasteiger partial charge in [-0.25, -0.2) is 0 Å². The molecule has 0 amide bonds. The highest BCUT2D eigenvalue weighted by atomic mass is 35.5. The molecule has 3 nitrogen and oxygen atoms in total. The van der Waals surface area contributed by atoms with Crippen LogP contribution in [0.25, 0.3) is 0 Å². The van der Waals surface area contributed by atoms with Crippen molar-refractivity contribution in [2.75, 3.05) is 7.05 Å². The number of nitrogens with zero attached hydrogens (tertiary/aromatic N) is 1. The van der Waals surface area contributed by atoms with Gasteiger partial charge in [0.2, 0.25) is 0 Å². The average molecular weight is 288 g/mol. The Balaban J connectivity index is 1.95. The summed E-state index contributed by atoms with van der Waals surface area (Å²) in [6.07, 6.45) is 0. The quantitative estimate of drug-likeness (QED) is 0.655. The largest absolute Gasteiger partial charge is 0.384 e. The highest BCUT2D eigenvalue weighted by Crippen LogP contribution is 2.13. The average Bonchev–Trinajstić information content (AvgIpc) is 2.42. The molecule has 104 valence electrons. The molecular weight excluding hydrogens is 270 g/mol. The lowest BCUT2D eigenvalue weighted by molar-refractivity contribution is 0.319. The summed E-state index contributed by atoms with van der Waals surface area (Å²) in [5, 5.41) is 8.13. The smallest absolute Gasteiger partial charge is 0.122 e. The lowest BCUT2D eigenvalue weighted by atomic mass is 10.1. The first-order valence-electron chi connectivity index (χ1n) is 6.41. The number of halogens is 1. The van der Waals surface area contributed by atoms with Crippen molar-refractivity contribution >= 4 is 17.4 Å². The lowest BCUT2D eigenvalue weighted by Gasteiger charge is -2.17. The molecule has 0 saturated carbocycles. The second-order valence-electron chi connectivity index (χ2n) is 4.91. The van der Waals surface area contributed by atoms with Crippen molar-refractivity contribution in [1.29, 1.82) is 5.41 Å². The van der Waals surface area contributed by atoms with Crippen LogP contribution in [0.2, 0.25) is 5.02 Å². The summed E-state index contributed by atoms with van der Waals surface area (Å²) in [6.45, 7) is 1.71. The molecule has 0 atom stereocenters. The van der Waals surface area contributed by atoms with Crippen LogP contribution in [0.4, 0.5) is 0 Å². The van der Waals surface area contributed by atoms with Gasteiger partial charge in [-0.3, -0.25) is 10.3 Å². The van der Waals surface area contributed by atoms with E-state index in [0.29, 0.717) is 0 Å². The van der Waals surface area contributed by atoms with Gasteiger partial charge in [-0.15, -0.1) is 0 Å². The minimum absolute atomic E-state index is 0.103. The monoisotopic (exact) mass is 287 g/mol. The molecule has 0 fully saturated rings.